The van der Waals surface area contributed by atoms with E-state index >= 15 is 0 Å². The fourth-order valence-electron chi connectivity index (χ4n) is 2.17. The number of aromatic nitrogens is 1. The van der Waals surface area contributed by atoms with Crippen molar-refractivity contribution in [2.24, 2.45) is 0 Å². The Labute approximate surface area is 128 Å². The Balaban J connectivity index is 1.86. The van der Waals surface area contributed by atoms with Gasteiger partial charge in [-0.05, 0) is 41.8 Å². The first-order chi connectivity index (χ1) is 10.1. The molecule has 0 unspecified atom stereocenters. The van der Waals surface area contributed by atoms with E-state index in [1.807, 2.05) is 12.4 Å². The third-order valence-corrected chi connectivity index (χ3v) is 3.58. The van der Waals surface area contributed by atoms with E-state index in [-0.39, 0.29) is 0 Å². The van der Waals surface area contributed by atoms with E-state index in [9.17, 15) is 0 Å². The van der Waals surface area contributed by atoms with E-state index in [1.165, 1.54) is 16.8 Å². The number of likely N-dealkylation sites (N-methyl/N-ethyl adjacent to an activating group) is 1. The number of rotatable bonds is 7. The summed E-state index contributed by atoms with van der Waals surface area (Å²) in [7, 11) is 2.14. The molecule has 0 aliphatic rings. The van der Waals surface area contributed by atoms with Gasteiger partial charge >= 0.3 is 0 Å². The van der Waals surface area contributed by atoms with Gasteiger partial charge in [0.25, 0.3) is 0 Å². The molecule has 3 heteroatoms. The summed E-state index contributed by atoms with van der Waals surface area (Å²) in [6.07, 6.45) is 4.74. The van der Waals surface area contributed by atoms with Crippen LogP contribution in [0.5, 0.6) is 0 Å². The van der Waals surface area contributed by atoms with Crippen LogP contribution in [0.3, 0.4) is 0 Å². The molecular weight excluding hydrogens is 258 g/mol. The molecule has 0 spiro atoms. The predicted octanol–water partition coefficient (Wildman–Crippen LogP) is 3.26. The lowest BCUT2D eigenvalue weighted by molar-refractivity contribution is 0.589. The highest BCUT2D eigenvalue weighted by Gasteiger charge is 2.02. The zero-order valence-corrected chi connectivity index (χ0v) is 13.2. The van der Waals surface area contributed by atoms with E-state index in [4.69, 9.17) is 0 Å². The molecule has 0 fully saturated rings. The summed E-state index contributed by atoms with van der Waals surface area (Å²) in [6.45, 7) is 6.27. The number of benzene rings is 1. The molecule has 2 rings (SSSR count). The average molecular weight is 283 g/mol. The highest BCUT2D eigenvalue weighted by atomic mass is 15.1. The van der Waals surface area contributed by atoms with Crippen LogP contribution in [0.1, 0.15) is 25.0 Å². The topological polar surface area (TPSA) is 28.2 Å². The van der Waals surface area contributed by atoms with Crippen molar-refractivity contribution in [2.75, 3.05) is 18.5 Å². The first-order valence-corrected chi connectivity index (χ1v) is 7.57. The highest BCUT2D eigenvalue weighted by molar-refractivity contribution is 5.47. The summed E-state index contributed by atoms with van der Waals surface area (Å²) in [5.74, 6) is 0. The molecule has 21 heavy (non-hydrogen) atoms. The summed E-state index contributed by atoms with van der Waals surface area (Å²) in [5.41, 5.74) is 3.92. The molecule has 1 heterocycles. The van der Waals surface area contributed by atoms with Gasteiger partial charge in [-0.3, -0.25) is 4.98 Å². The van der Waals surface area contributed by atoms with Gasteiger partial charge < -0.3 is 10.2 Å². The molecule has 0 saturated heterocycles. The fraction of sp³-hybridized carbons (Fsp3) is 0.389. The molecule has 112 valence electrons. The molecule has 0 aliphatic heterocycles. The van der Waals surface area contributed by atoms with E-state index < -0.39 is 0 Å². The Morgan fingerprint density at radius 3 is 2.29 bits per heavy atom. The average Bonchev–Trinajstić information content (AvgIpc) is 2.52. The molecule has 0 saturated carbocycles. The molecule has 1 aromatic carbocycles. The number of nitrogens with one attached hydrogen (secondary N) is 1. The summed E-state index contributed by atoms with van der Waals surface area (Å²) in [5, 5.41) is 3.44. The van der Waals surface area contributed by atoms with Crippen LogP contribution in [0.2, 0.25) is 0 Å². The third kappa shape index (κ3) is 5.20. The van der Waals surface area contributed by atoms with Crippen molar-refractivity contribution >= 4 is 5.69 Å². The van der Waals surface area contributed by atoms with Gasteiger partial charge in [-0.15, -0.1) is 0 Å². The predicted molar refractivity (Wildman–Crippen MR) is 89.6 cm³/mol. The number of hydrogen-bond donors (Lipinski definition) is 1. The number of hydrogen-bond acceptors (Lipinski definition) is 3. The Morgan fingerprint density at radius 1 is 1.00 bits per heavy atom. The molecular formula is C18H25N3. The van der Waals surface area contributed by atoms with Crippen LogP contribution in [0.15, 0.2) is 48.8 Å². The van der Waals surface area contributed by atoms with E-state index in [0.717, 1.165) is 19.5 Å². The van der Waals surface area contributed by atoms with Crippen molar-refractivity contribution in [3.05, 3.63) is 59.9 Å². The second kappa shape index (κ2) is 7.79. The first kappa shape index (κ1) is 15.5. The molecule has 0 atom stereocenters. The van der Waals surface area contributed by atoms with Crippen LogP contribution in [0, 0.1) is 0 Å². The van der Waals surface area contributed by atoms with E-state index in [1.54, 1.807) is 0 Å². The number of pyridine rings is 1. The van der Waals surface area contributed by atoms with Crippen LogP contribution in [-0.2, 0) is 13.0 Å². The number of anilines is 1. The normalized spacial score (nSPS) is 10.9. The van der Waals surface area contributed by atoms with Gasteiger partial charge in [0.2, 0.25) is 0 Å². The molecule has 2 aromatic rings. The largest absolute Gasteiger partial charge is 0.374 e. The van der Waals surface area contributed by atoms with Crippen LogP contribution in [0.25, 0.3) is 0 Å². The quantitative estimate of drug-likeness (QED) is 0.845. The van der Waals surface area contributed by atoms with Gasteiger partial charge in [-0.2, -0.15) is 0 Å². The smallest absolute Gasteiger partial charge is 0.0363 e. The lowest BCUT2D eigenvalue weighted by atomic mass is 10.1. The second-order valence-corrected chi connectivity index (χ2v) is 5.73. The fourth-order valence-corrected chi connectivity index (χ4v) is 2.17. The standard InChI is InChI=1S/C18H25N3/c1-15(2)20-14-17-4-6-18(7-5-17)21(3)13-10-16-8-11-19-12-9-16/h4-9,11-12,15,20H,10,13-14H2,1-3H3. The zero-order chi connectivity index (χ0) is 15.1. The van der Waals surface area contributed by atoms with Crippen LogP contribution >= 0.6 is 0 Å². The van der Waals surface area contributed by atoms with Gasteiger partial charge in [0.05, 0.1) is 0 Å². The molecule has 0 bridgehead atoms. The summed E-state index contributed by atoms with van der Waals surface area (Å²) >= 11 is 0. The van der Waals surface area contributed by atoms with Crippen molar-refractivity contribution in [2.45, 2.75) is 32.9 Å². The highest BCUT2D eigenvalue weighted by Crippen LogP contribution is 2.14. The minimum absolute atomic E-state index is 0.521. The van der Waals surface area contributed by atoms with Crippen molar-refractivity contribution in [3.8, 4) is 0 Å². The minimum atomic E-state index is 0.521. The summed E-state index contributed by atoms with van der Waals surface area (Å²) in [4.78, 5) is 6.34. The third-order valence-electron chi connectivity index (χ3n) is 3.58. The van der Waals surface area contributed by atoms with E-state index in [0.29, 0.717) is 6.04 Å². The van der Waals surface area contributed by atoms with E-state index in [2.05, 4.69) is 72.5 Å². The van der Waals surface area contributed by atoms with Crippen LogP contribution < -0.4 is 10.2 Å². The van der Waals surface area contributed by atoms with Crippen molar-refractivity contribution in [1.82, 2.24) is 10.3 Å². The molecule has 0 aliphatic carbocycles. The maximum absolute atomic E-state index is 4.05. The Bertz CT molecular complexity index is 520. The Hall–Kier alpha value is -1.87. The van der Waals surface area contributed by atoms with Crippen LogP contribution in [-0.4, -0.2) is 24.6 Å². The maximum atomic E-state index is 4.05. The van der Waals surface area contributed by atoms with Gasteiger partial charge in [-0.25, -0.2) is 0 Å². The lowest BCUT2D eigenvalue weighted by Gasteiger charge is -2.20. The maximum Gasteiger partial charge on any atom is 0.0363 e. The van der Waals surface area contributed by atoms with Crippen molar-refractivity contribution in [1.29, 1.82) is 0 Å². The van der Waals surface area contributed by atoms with Crippen molar-refractivity contribution in [3.63, 3.8) is 0 Å². The van der Waals surface area contributed by atoms with Gasteiger partial charge in [0.15, 0.2) is 0 Å². The van der Waals surface area contributed by atoms with Gasteiger partial charge in [0, 0.05) is 44.3 Å². The van der Waals surface area contributed by atoms with Crippen LogP contribution in [0.4, 0.5) is 5.69 Å². The second-order valence-electron chi connectivity index (χ2n) is 5.73. The Kier molecular flexibility index (Phi) is 5.76. The number of nitrogens with zero attached hydrogens (tertiary/aromatic N) is 2. The Morgan fingerprint density at radius 2 is 1.67 bits per heavy atom. The summed E-state index contributed by atoms with van der Waals surface area (Å²) in [6, 6.07) is 13.5. The minimum Gasteiger partial charge on any atom is -0.374 e. The van der Waals surface area contributed by atoms with Crippen molar-refractivity contribution < 1.29 is 0 Å². The molecule has 0 radical (unpaired) electrons. The molecule has 1 N–H and O–H groups in total. The summed E-state index contributed by atoms with van der Waals surface area (Å²) < 4.78 is 0. The van der Waals surface area contributed by atoms with Gasteiger partial charge in [-0.1, -0.05) is 26.0 Å². The monoisotopic (exact) mass is 283 g/mol. The SMILES string of the molecule is CC(C)NCc1ccc(N(C)CCc2ccncc2)cc1. The molecule has 3 nitrogen and oxygen atoms in total. The lowest BCUT2D eigenvalue weighted by Crippen LogP contribution is -2.22. The molecule has 0 amide bonds. The van der Waals surface area contributed by atoms with Gasteiger partial charge in [0.1, 0.15) is 0 Å². The first-order valence-electron chi connectivity index (χ1n) is 7.57. The molecule has 1 aromatic heterocycles. The zero-order valence-electron chi connectivity index (χ0n) is 13.2.